The summed E-state index contributed by atoms with van der Waals surface area (Å²) < 4.78 is 5.50. The number of carbonyl (C=O) groups excluding carboxylic acids is 2. The van der Waals surface area contributed by atoms with Crippen molar-refractivity contribution in [3.05, 3.63) is 59.7 Å². The van der Waals surface area contributed by atoms with Gasteiger partial charge in [-0.05, 0) is 48.2 Å². The monoisotopic (exact) mass is 352 g/mol. The SMILES string of the molecule is CCc1ccc(OCC(=O)NCc2ccc(N3CCCC3=O)cc2)cc1. The van der Waals surface area contributed by atoms with Gasteiger partial charge in [0.2, 0.25) is 5.91 Å². The summed E-state index contributed by atoms with van der Waals surface area (Å²) in [5.74, 6) is 0.704. The number of nitrogens with one attached hydrogen (secondary N) is 1. The third kappa shape index (κ3) is 4.63. The van der Waals surface area contributed by atoms with Crippen LogP contribution in [0.15, 0.2) is 48.5 Å². The summed E-state index contributed by atoms with van der Waals surface area (Å²) in [6.07, 6.45) is 2.52. The van der Waals surface area contributed by atoms with Gasteiger partial charge in [-0.3, -0.25) is 9.59 Å². The molecule has 1 heterocycles. The minimum absolute atomic E-state index is 0.00810. The number of hydrogen-bond acceptors (Lipinski definition) is 3. The predicted molar refractivity (Wildman–Crippen MR) is 101 cm³/mol. The van der Waals surface area contributed by atoms with E-state index in [1.165, 1.54) is 5.56 Å². The number of aryl methyl sites for hydroxylation is 1. The molecule has 1 aliphatic heterocycles. The summed E-state index contributed by atoms with van der Waals surface area (Å²) in [6, 6.07) is 15.5. The van der Waals surface area contributed by atoms with Crippen molar-refractivity contribution in [3.8, 4) is 5.75 Å². The van der Waals surface area contributed by atoms with Crippen molar-refractivity contribution in [2.24, 2.45) is 0 Å². The van der Waals surface area contributed by atoms with Crippen molar-refractivity contribution in [3.63, 3.8) is 0 Å². The smallest absolute Gasteiger partial charge is 0.258 e. The average molecular weight is 352 g/mol. The van der Waals surface area contributed by atoms with Gasteiger partial charge in [0.15, 0.2) is 6.61 Å². The van der Waals surface area contributed by atoms with Gasteiger partial charge in [0.25, 0.3) is 5.91 Å². The lowest BCUT2D eigenvalue weighted by molar-refractivity contribution is -0.123. The van der Waals surface area contributed by atoms with Gasteiger partial charge in [0.1, 0.15) is 5.75 Å². The third-order valence-electron chi connectivity index (χ3n) is 4.51. The van der Waals surface area contributed by atoms with Crippen LogP contribution in [-0.4, -0.2) is 25.0 Å². The van der Waals surface area contributed by atoms with E-state index >= 15 is 0 Å². The second-order valence-electron chi connectivity index (χ2n) is 6.38. The maximum atomic E-state index is 11.9. The Labute approximate surface area is 154 Å². The fourth-order valence-electron chi connectivity index (χ4n) is 2.94. The number of hydrogen-bond donors (Lipinski definition) is 1. The zero-order chi connectivity index (χ0) is 18.4. The average Bonchev–Trinajstić information content (AvgIpc) is 3.11. The van der Waals surface area contributed by atoms with Crippen LogP contribution < -0.4 is 15.0 Å². The van der Waals surface area contributed by atoms with Crippen LogP contribution >= 0.6 is 0 Å². The summed E-state index contributed by atoms with van der Waals surface area (Å²) in [5.41, 5.74) is 3.14. The number of nitrogens with zero attached hydrogens (tertiary/aromatic N) is 1. The van der Waals surface area contributed by atoms with E-state index in [2.05, 4.69) is 12.2 Å². The highest BCUT2D eigenvalue weighted by molar-refractivity contribution is 5.95. The Kier molecular flexibility index (Phi) is 5.89. The molecule has 0 radical (unpaired) electrons. The first-order valence-electron chi connectivity index (χ1n) is 9.03. The van der Waals surface area contributed by atoms with Crippen LogP contribution in [0, 0.1) is 0 Å². The van der Waals surface area contributed by atoms with Crippen molar-refractivity contribution in [2.75, 3.05) is 18.1 Å². The lowest BCUT2D eigenvalue weighted by Crippen LogP contribution is -2.28. The van der Waals surface area contributed by atoms with Crippen molar-refractivity contribution < 1.29 is 14.3 Å². The highest BCUT2D eigenvalue weighted by Gasteiger charge is 2.21. The molecule has 1 saturated heterocycles. The number of rotatable bonds is 7. The van der Waals surface area contributed by atoms with Gasteiger partial charge in [-0.2, -0.15) is 0 Å². The van der Waals surface area contributed by atoms with E-state index in [1.807, 2.05) is 48.5 Å². The van der Waals surface area contributed by atoms with E-state index < -0.39 is 0 Å². The van der Waals surface area contributed by atoms with E-state index in [0.717, 1.165) is 30.6 Å². The summed E-state index contributed by atoms with van der Waals surface area (Å²) in [4.78, 5) is 25.5. The number of benzene rings is 2. The fraction of sp³-hybridized carbons (Fsp3) is 0.333. The Morgan fingerprint density at radius 1 is 1.08 bits per heavy atom. The molecule has 2 aromatic rings. The molecular weight excluding hydrogens is 328 g/mol. The number of ether oxygens (including phenoxy) is 1. The third-order valence-corrected chi connectivity index (χ3v) is 4.51. The molecule has 0 unspecified atom stereocenters. The van der Waals surface area contributed by atoms with E-state index in [1.54, 1.807) is 4.90 Å². The van der Waals surface area contributed by atoms with Crippen molar-refractivity contribution >= 4 is 17.5 Å². The quantitative estimate of drug-likeness (QED) is 0.833. The molecule has 0 bridgehead atoms. The second kappa shape index (κ2) is 8.52. The van der Waals surface area contributed by atoms with E-state index in [0.29, 0.717) is 18.7 Å². The first kappa shape index (κ1) is 18.0. The van der Waals surface area contributed by atoms with Gasteiger partial charge in [0, 0.05) is 25.2 Å². The van der Waals surface area contributed by atoms with Crippen LogP contribution in [0.1, 0.15) is 30.9 Å². The number of carbonyl (C=O) groups is 2. The Balaban J connectivity index is 1.44. The molecule has 1 fully saturated rings. The molecule has 0 spiro atoms. The number of amides is 2. The topological polar surface area (TPSA) is 58.6 Å². The lowest BCUT2D eigenvalue weighted by Gasteiger charge is -2.16. The van der Waals surface area contributed by atoms with Crippen LogP contribution in [0.4, 0.5) is 5.69 Å². The van der Waals surface area contributed by atoms with Crippen LogP contribution in [0.3, 0.4) is 0 Å². The van der Waals surface area contributed by atoms with Gasteiger partial charge in [-0.1, -0.05) is 31.2 Å². The molecule has 1 aliphatic rings. The fourth-order valence-corrected chi connectivity index (χ4v) is 2.94. The summed E-state index contributed by atoms with van der Waals surface area (Å²) in [6.45, 7) is 3.31. The Bertz CT molecular complexity index is 754. The molecule has 0 aromatic heterocycles. The van der Waals surface area contributed by atoms with Crippen molar-refractivity contribution in [2.45, 2.75) is 32.7 Å². The van der Waals surface area contributed by atoms with Gasteiger partial charge in [0.05, 0.1) is 0 Å². The summed E-state index contributed by atoms with van der Waals surface area (Å²) in [5, 5.41) is 2.85. The molecule has 2 aromatic carbocycles. The molecule has 2 amide bonds. The molecule has 1 N–H and O–H groups in total. The minimum atomic E-state index is -0.164. The molecule has 136 valence electrons. The molecule has 0 atom stereocenters. The van der Waals surface area contributed by atoms with Crippen LogP contribution in [0.2, 0.25) is 0 Å². The Morgan fingerprint density at radius 2 is 1.77 bits per heavy atom. The lowest BCUT2D eigenvalue weighted by atomic mass is 10.2. The minimum Gasteiger partial charge on any atom is -0.484 e. The van der Waals surface area contributed by atoms with E-state index in [-0.39, 0.29) is 18.4 Å². The molecule has 3 rings (SSSR count). The van der Waals surface area contributed by atoms with E-state index in [4.69, 9.17) is 4.74 Å². The highest BCUT2D eigenvalue weighted by atomic mass is 16.5. The van der Waals surface area contributed by atoms with Gasteiger partial charge < -0.3 is 15.0 Å². The second-order valence-corrected chi connectivity index (χ2v) is 6.38. The van der Waals surface area contributed by atoms with Gasteiger partial charge in [-0.15, -0.1) is 0 Å². The molecule has 26 heavy (non-hydrogen) atoms. The summed E-state index contributed by atoms with van der Waals surface area (Å²) >= 11 is 0. The molecule has 0 aliphatic carbocycles. The molecule has 0 saturated carbocycles. The van der Waals surface area contributed by atoms with Crippen molar-refractivity contribution in [1.82, 2.24) is 5.32 Å². The Morgan fingerprint density at radius 3 is 2.38 bits per heavy atom. The Hall–Kier alpha value is -2.82. The first-order valence-corrected chi connectivity index (χ1v) is 9.03. The molecule has 5 nitrogen and oxygen atoms in total. The molecular formula is C21H24N2O3. The maximum absolute atomic E-state index is 11.9. The normalized spacial score (nSPS) is 13.7. The zero-order valence-corrected chi connectivity index (χ0v) is 15.0. The maximum Gasteiger partial charge on any atom is 0.258 e. The first-order chi connectivity index (χ1) is 12.7. The van der Waals surface area contributed by atoms with Gasteiger partial charge in [-0.25, -0.2) is 0 Å². The van der Waals surface area contributed by atoms with Crippen LogP contribution in [0.5, 0.6) is 5.75 Å². The van der Waals surface area contributed by atoms with Crippen LogP contribution in [-0.2, 0) is 22.6 Å². The largest absolute Gasteiger partial charge is 0.484 e. The predicted octanol–water partition coefficient (Wildman–Crippen LogP) is 3.07. The summed E-state index contributed by atoms with van der Waals surface area (Å²) in [7, 11) is 0. The van der Waals surface area contributed by atoms with Gasteiger partial charge >= 0.3 is 0 Å². The standard InChI is InChI=1S/C21H24N2O3/c1-2-16-7-11-19(12-8-16)26-15-20(24)22-14-17-5-9-18(10-6-17)23-13-3-4-21(23)25/h5-12H,2-4,13-15H2,1H3,(H,22,24). The van der Waals surface area contributed by atoms with Crippen LogP contribution in [0.25, 0.3) is 0 Å². The molecule has 5 heteroatoms. The number of anilines is 1. The van der Waals surface area contributed by atoms with Crippen molar-refractivity contribution in [1.29, 1.82) is 0 Å². The zero-order valence-electron chi connectivity index (χ0n) is 15.0. The van der Waals surface area contributed by atoms with E-state index in [9.17, 15) is 9.59 Å². The highest BCUT2D eigenvalue weighted by Crippen LogP contribution is 2.21.